The first-order valence-corrected chi connectivity index (χ1v) is 10.3. The van der Waals surface area contributed by atoms with Crippen molar-refractivity contribution < 1.29 is 17.9 Å². The zero-order valence-corrected chi connectivity index (χ0v) is 17.1. The minimum absolute atomic E-state index is 0.0781. The van der Waals surface area contributed by atoms with E-state index in [0.29, 0.717) is 15.8 Å². The van der Waals surface area contributed by atoms with Gasteiger partial charge in [0.1, 0.15) is 12.4 Å². The van der Waals surface area contributed by atoms with Crippen LogP contribution in [0, 0.1) is 0 Å². The summed E-state index contributed by atoms with van der Waals surface area (Å²) in [5.74, 6) is 0.923. The first kappa shape index (κ1) is 20.3. The molecule has 0 saturated heterocycles. The van der Waals surface area contributed by atoms with Crippen LogP contribution in [-0.4, -0.2) is 20.5 Å². The third-order valence-electron chi connectivity index (χ3n) is 3.75. The molecule has 0 saturated carbocycles. The van der Waals surface area contributed by atoms with E-state index in [2.05, 4.69) is 9.71 Å². The molecule has 0 aliphatic heterocycles. The lowest BCUT2D eigenvalue weighted by Crippen LogP contribution is -2.15. The Labute approximate surface area is 173 Å². The Morgan fingerprint density at radius 3 is 2.46 bits per heavy atom. The van der Waals surface area contributed by atoms with Crippen molar-refractivity contribution in [3.63, 3.8) is 0 Å². The zero-order chi connectivity index (χ0) is 20.1. The highest BCUT2D eigenvalue weighted by atomic mass is 35.5. The molecule has 3 aromatic rings. The minimum Gasteiger partial charge on any atom is -0.497 e. The van der Waals surface area contributed by atoms with Gasteiger partial charge in [-0.3, -0.25) is 4.72 Å². The molecule has 0 fully saturated rings. The van der Waals surface area contributed by atoms with Crippen molar-refractivity contribution >= 4 is 39.0 Å². The van der Waals surface area contributed by atoms with Gasteiger partial charge in [-0.1, -0.05) is 29.3 Å². The molecular weight excluding hydrogens is 423 g/mol. The number of aromatic nitrogens is 1. The van der Waals surface area contributed by atoms with Gasteiger partial charge in [0.05, 0.1) is 22.1 Å². The molecule has 28 heavy (non-hydrogen) atoms. The summed E-state index contributed by atoms with van der Waals surface area (Å²) in [6.45, 7) is 0.167. The van der Waals surface area contributed by atoms with E-state index >= 15 is 0 Å². The third-order valence-corrected chi connectivity index (χ3v) is 5.84. The number of pyridine rings is 1. The van der Waals surface area contributed by atoms with Gasteiger partial charge in [0, 0.05) is 6.20 Å². The summed E-state index contributed by atoms with van der Waals surface area (Å²) in [6.07, 6.45) is 1.47. The number of nitrogens with one attached hydrogen (secondary N) is 1. The quantitative estimate of drug-likeness (QED) is 0.574. The standard InChI is InChI=1S/C19H16Cl2N2O4S/c1-26-14-5-7-15(8-6-14)28(24,25)23-19-18(3-2-10-22-19)27-12-13-4-9-16(20)17(21)11-13/h2-11H,12H2,1H3,(H,22,23). The topological polar surface area (TPSA) is 77.5 Å². The highest BCUT2D eigenvalue weighted by Crippen LogP contribution is 2.27. The van der Waals surface area contributed by atoms with Gasteiger partial charge in [0.25, 0.3) is 10.0 Å². The summed E-state index contributed by atoms with van der Waals surface area (Å²) in [4.78, 5) is 4.16. The molecule has 1 N–H and O–H groups in total. The normalized spacial score (nSPS) is 11.1. The van der Waals surface area contributed by atoms with Crippen LogP contribution in [0.3, 0.4) is 0 Å². The largest absolute Gasteiger partial charge is 0.497 e. The first-order chi connectivity index (χ1) is 13.4. The van der Waals surface area contributed by atoms with E-state index in [1.807, 2.05) is 0 Å². The summed E-state index contributed by atoms with van der Waals surface area (Å²) in [7, 11) is -2.34. The summed E-state index contributed by atoms with van der Waals surface area (Å²) < 4.78 is 38.5. The lowest BCUT2D eigenvalue weighted by atomic mass is 10.2. The molecule has 146 valence electrons. The molecule has 0 aliphatic carbocycles. The molecule has 0 unspecified atom stereocenters. The Hall–Kier alpha value is -2.48. The lowest BCUT2D eigenvalue weighted by molar-refractivity contribution is 0.307. The van der Waals surface area contributed by atoms with Gasteiger partial charge >= 0.3 is 0 Å². The fourth-order valence-corrected chi connectivity index (χ4v) is 3.66. The van der Waals surface area contributed by atoms with Crippen LogP contribution in [0.2, 0.25) is 10.0 Å². The highest BCUT2D eigenvalue weighted by molar-refractivity contribution is 7.92. The van der Waals surface area contributed by atoms with E-state index in [0.717, 1.165) is 5.56 Å². The smallest absolute Gasteiger partial charge is 0.263 e. The Morgan fingerprint density at radius 2 is 1.79 bits per heavy atom. The van der Waals surface area contributed by atoms with Crippen LogP contribution >= 0.6 is 23.2 Å². The Kier molecular flexibility index (Phi) is 6.28. The number of anilines is 1. The summed E-state index contributed by atoms with van der Waals surface area (Å²) in [6, 6.07) is 14.4. The monoisotopic (exact) mass is 438 g/mol. The van der Waals surface area contributed by atoms with Crippen molar-refractivity contribution in [2.24, 2.45) is 0 Å². The average molecular weight is 439 g/mol. The number of halogens is 2. The second kappa shape index (κ2) is 8.68. The van der Waals surface area contributed by atoms with Gasteiger partial charge < -0.3 is 9.47 Å². The van der Waals surface area contributed by atoms with Crippen molar-refractivity contribution in [3.05, 3.63) is 76.4 Å². The Balaban J connectivity index is 1.78. The Bertz CT molecular complexity index is 1070. The molecule has 0 aliphatic rings. The van der Waals surface area contributed by atoms with Gasteiger partial charge in [-0.2, -0.15) is 0 Å². The van der Waals surface area contributed by atoms with Gasteiger partial charge in [-0.05, 0) is 54.1 Å². The van der Waals surface area contributed by atoms with Crippen LogP contribution in [0.5, 0.6) is 11.5 Å². The summed E-state index contributed by atoms with van der Waals surface area (Å²) in [5, 5.41) is 0.856. The molecular formula is C19H16Cl2N2O4S. The van der Waals surface area contributed by atoms with Gasteiger partial charge in [-0.15, -0.1) is 0 Å². The molecule has 2 aromatic carbocycles. The number of hydrogen-bond acceptors (Lipinski definition) is 5. The zero-order valence-electron chi connectivity index (χ0n) is 14.7. The maximum Gasteiger partial charge on any atom is 0.263 e. The fraction of sp³-hybridized carbons (Fsp3) is 0.105. The molecule has 9 heteroatoms. The molecule has 0 bridgehead atoms. The second-order valence-corrected chi connectivity index (χ2v) is 8.17. The van der Waals surface area contributed by atoms with Crippen LogP contribution in [0.1, 0.15) is 5.56 Å². The maximum absolute atomic E-state index is 12.6. The fourth-order valence-electron chi connectivity index (χ4n) is 2.32. The van der Waals surface area contributed by atoms with Crippen molar-refractivity contribution in [3.8, 4) is 11.5 Å². The minimum atomic E-state index is -3.84. The number of rotatable bonds is 7. The average Bonchev–Trinajstić information content (AvgIpc) is 2.69. The molecule has 0 radical (unpaired) electrons. The van der Waals surface area contributed by atoms with E-state index in [1.165, 1.54) is 25.4 Å². The van der Waals surface area contributed by atoms with Crippen molar-refractivity contribution in [2.45, 2.75) is 11.5 Å². The number of sulfonamides is 1. The molecule has 6 nitrogen and oxygen atoms in total. The first-order valence-electron chi connectivity index (χ1n) is 8.07. The predicted molar refractivity (Wildman–Crippen MR) is 109 cm³/mol. The van der Waals surface area contributed by atoms with E-state index in [1.54, 1.807) is 42.5 Å². The van der Waals surface area contributed by atoms with Crippen molar-refractivity contribution in [1.29, 1.82) is 0 Å². The van der Waals surface area contributed by atoms with E-state index in [4.69, 9.17) is 32.7 Å². The number of ether oxygens (including phenoxy) is 2. The number of benzene rings is 2. The van der Waals surface area contributed by atoms with E-state index in [9.17, 15) is 8.42 Å². The maximum atomic E-state index is 12.6. The summed E-state index contributed by atoms with van der Waals surface area (Å²) in [5.41, 5.74) is 0.780. The van der Waals surface area contributed by atoms with Crippen molar-refractivity contribution in [2.75, 3.05) is 11.8 Å². The van der Waals surface area contributed by atoms with E-state index in [-0.39, 0.29) is 23.1 Å². The van der Waals surface area contributed by atoms with Crippen molar-refractivity contribution in [1.82, 2.24) is 4.98 Å². The molecule has 1 heterocycles. The highest BCUT2D eigenvalue weighted by Gasteiger charge is 2.17. The van der Waals surface area contributed by atoms with Crippen LogP contribution in [0.15, 0.2) is 65.7 Å². The molecule has 0 amide bonds. The van der Waals surface area contributed by atoms with E-state index < -0.39 is 10.0 Å². The second-order valence-electron chi connectivity index (χ2n) is 5.67. The van der Waals surface area contributed by atoms with Gasteiger partial charge in [-0.25, -0.2) is 13.4 Å². The molecule has 3 rings (SSSR count). The predicted octanol–water partition coefficient (Wildman–Crippen LogP) is 4.78. The van der Waals surface area contributed by atoms with Crippen LogP contribution in [0.25, 0.3) is 0 Å². The number of hydrogen-bond donors (Lipinski definition) is 1. The Morgan fingerprint density at radius 1 is 1.04 bits per heavy atom. The molecule has 0 atom stereocenters. The van der Waals surface area contributed by atoms with Gasteiger partial charge in [0.2, 0.25) is 0 Å². The molecule has 1 aromatic heterocycles. The van der Waals surface area contributed by atoms with Crippen LogP contribution in [-0.2, 0) is 16.6 Å². The van der Waals surface area contributed by atoms with Crippen LogP contribution < -0.4 is 14.2 Å². The van der Waals surface area contributed by atoms with Gasteiger partial charge in [0.15, 0.2) is 11.6 Å². The lowest BCUT2D eigenvalue weighted by Gasteiger charge is -2.13. The summed E-state index contributed by atoms with van der Waals surface area (Å²) >= 11 is 11.9. The third kappa shape index (κ3) is 4.86. The SMILES string of the molecule is COc1ccc(S(=O)(=O)Nc2ncccc2OCc2ccc(Cl)c(Cl)c2)cc1. The van der Waals surface area contributed by atoms with Crippen LogP contribution in [0.4, 0.5) is 5.82 Å². The number of methoxy groups -OCH3 is 1. The number of nitrogens with zero attached hydrogens (tertiary/aromatic N) is 1. The molecule has 0 spiro atoms.